The summed E-state index contributed by atoms with van der Waals surface area (Å²) < 4.78 is 53.9. The number of rotatable bonds is 6. The maximum atomic E-state index is 12.3. The first-order chi connectivity index (χ1) is 12.5. The minimum absolute atomic E-state index is 0.101. The zero-order chi connectivity index (χ0) is 20.4. The number of carbonyl (C=O) groups is 1. The number of fused-ring (bicyclic) bond motifs is 1. The van der Waals surface area contributed by atoms with Crippen molar-refractivity contribution >= 4 is 5.91 Å². The van der Waals surface area contributed by atoms with Gasteiger partial charge in [-0.15, -0.1) is 0 Å². The van der Waals surface area contributed by atoms with Gasteiger partial charge in [-0.2, -0.15) is 13.2 Å². The average Bonchev–Trinajstić information content (AvgIpc) is 2.58. The van der Waals surface area contributed by atoms with Crippen molar-refractivity contribution in [3.05, 3.63) is 22.3 Å². The second-order valence-corrected chi connectivity index (χ2v) is 7.12. The van der Waals surface area contributed by atoms with Gasteiger partial charge in [-0.25, -0.2) is 0 Å². The highest BCUT2D eigenvalue weighted by Crippen LogP contribution is 2.44. The number of nitrogens with one attached hydrogen (secondary N) is 1. The van der Waals surface area contributed by atoms with Crippen LogP contribution < -0.4 is 14.8 Å². The third-order valence-electron chi connectivity index (χ3n) is 5.08. The van der Waals surface area contributed by atoms with Crippen LogP contribution in [0.2, 0.25) is 0 Å². The summed E-state index contributed by atoms with van der Waals surface area (Å²) in [5, 5.41) is 1.91. The van der Waals surface area contributed by atoms with Gasteiger partial charge < -0.3 is 19.5 Å². The molecule has 2 rings (SSSR count). The van der Waals surface area contributed by atoms with Crippen LogP contribution in [0.4, 0.5) is 13.2 Å². The zero-order valence-corrected chi connectivity index (χ0v) is 16.3. The molecular formula is C19H26F3NO4. The molecule has 1 N–H and O–H groups in total. The van der Waals surface area contributed by atoms with Gasteiger partial charge in [0.2, 0.25) is 0 Å². The second-order valence-electron chi connectivity index (χ2n) is 7.12. The van der Waals surface area contributed by atoms with Crippen LogP contribution in [0, 0.1) is 20.8 Å². The predicted octanol–water partition coefficient (Wildman–Crippen LogP) is 3.75. The first kappa shape index (κ1) is 21.3. The van der Waals surface area contributed by atoms with E-state index in [4.69, 9.17) is 14.2 Å². The lowest BCUT2D eigenvalue weighted by Crippen LogP contribution is -2.43. The monoisotopic (exact) mass is 389 g/mol. The fourth-order valence-corrected chi connectivity index (χ4v) is 3.33. The number of amides is 1. The molecule has 0 aliphatic carbocycles. The molecule has 1 aliphatic heterocycles. The van der Waals surface area contributed by atoms with Crippen molar-refractivity contribution in [2.24, 2.45) is 0 Å². The summed E-state index contributed by atoms with van der Waals surface area (Å²) in [5.41, 5.74) is 3.26. The number of hydrogen-bond donors (Lipinski definition) is 1. The van der Waals surface area contributed by atoms with Gasteiger partial charge in [0.15, 0.2) is 6.79 Å². The van der Waals surface area contributed by atoms with Gasteiger partial charge in [0.1, 0.15) is 17.1 Å². The fraction of sp³-hybridized carbons (Fsp3) is 0.632. The highest BCUT2D eigenvalue weighted by Gasteiger charge is 2.39. The number of hydrogen-bond acceptors (Lipinski definition) is 4. The Hall–Kier alpha value is -1.96. The van der Waals surface area contributed by atoms with Crippen LogP contribution in [0.1, 0.15) is 42.0 Å². The van der Waals surface area contributed by atoms with Crippen molar-refractivity contribution in [3.63, 3.8) is 0 Å². The van der Waals surface area contributed by atoms with Crippen molar-refractivity contribution in [1.29, 1.82) is 0 Å². The van der Waals surface area contributed by atoms with E-state index in [1.54, 1.807) is 7.11 Å². The van der Waals surface area contributed by atoms with Gasteiger partial charge in [-0.05, 0) is 57.2 Å². The number of halogens is 3. The topological polar surface area (TPSA) is 56.8 Å². The Morgan fingerprint density at radius 1 is 1.22 bits per heavy atom. The largest absolute Gasteiger partial charge is 0.487 e. The standard InChI is InChI=1S/C19H26F3NO4/c1-11-12(2)16-14(13(3)15(11)26-10-25-5)6-7-18(4,27-16)8-9-23-17(24)19(20,21)22/h6-10H2,1-5H3,(H,23,24). The number of alkyl halides is 3. The van der Waals surface area contributed by atoms with Crippen LogP contribution in [-0.2, 0) is 16.0 Å². The summed E-state index contributed by atoms with van der Waals surface area (Å²) in [6, 6.07) is 0. The summed E-state index contributed by atoms with van der Waals surface area (Å²) in [6.45, 7) is 7.74. The zero-order valence-electron chi connectivity index (χ0n) is 16.3. The number of methoxy groups -OCH3 is 1. The Labute approximate surface area is 157 Å². The summed E-state index contributed by atoms with van der Waals surface area (Å²) >= 11 is 0. The van der Waals surface area contributed by atoms with E-state index in [1.807, 2.05) is 33.0 Å². The number of ether oxygens (including phenoxy) is 3. The first-order valence-corrected chi connectivity index (χ1v) is 8.78. The maximum absolute atomic E-state index is 12.3. The molecule has 1 amide bonds. The van der Waals surface area contributed by atoms with Crippen molar-refractivity contribution in [2.45, 2.75) is 58.7 Å². The van der Waals surface area contributed by atoms with E-state index in [0.29, 0.717) is 6.42 Å². The molecule has 0 spiro atoms. The van der Waals surface area contributed by atoms with Crippen molar-refractivity contribution in [3.8, 4) is 11.5 Å². The molecule has 0 bridgehead atoms. The second kappa shape index (κ2) is 7.96. The molecule has 8 heteroatoms. The Balaban J connectivity index is 2.16. The molecule has 0 saturated heterocycles. The summed E-state index contributed by atoms with van der Waals surface area (Å²) in [6.07, 6.45) is -3.23. The van der Waals surface area contributed by atoms with Crippen LogP contribution in [0.25, 0.3) is 0 Å². The van der Waals surface area contributed by atoms with Gasteiger partial charge in [0.05, 0.1) is 0 Å². The van der Waals surface area contributed by atoms with Crippen molar-refractivity contribution < 1.29 is 32.2 Å². The summed E-state index contributed by atoms with van der Waals surface area (Å²) in [5.74, 6) is -0.395. The third kappa shape index (κ3) is 4.66. The van der Waals surface area contributed by atoms with E-state index >= 15 is 0 Å². The van der Waals surface area contributed by atoms with E-state index < -0.39 is 17.7 Å². The average molecular weight is 389 g/mol. The Morgan fingerprint density at radius 3 is 2.48 bits per heavy atom. The van der Waals surface area contributed by atoms with Crippen LogP contribution in [0.5, 0.6) is 11.5 Å². The minimum Gasteiger partial charge on any atom is -0.487 e. The minimum atomic E-state index is -4.87. The van der Waals surface area contributed by atoms with Crippen LogP contribution in [0.15, 0.2) is 0 Å². The molecular weight excluding hydrogens is 363 g/mol. The molecule has 1 atom stereocenters. The molecule has 5 nitrogen and oxygen atoms in total. The van der Waals surface area contributed by atoms with Gasteiger partial charge >= 0.3 is 12.1 Å². The van der Waals surface area contributed by atoms with E-state index in [1.165, 1.54) is 0 Å². The molecule has 1 aromatic rings. The van der Waals surface area contributed by atoms with E-state index in [9.17, 15) is 18.0 Å². The molecule has 1 unspecified atom stereocenters. The molecule has 152 valence electrons. The van der Waals surface area contributed by atoms with E-state index in [0.717, 1.165) is 40.2 Å². The third-order valence-corrected chi connectivity index (χ3v) is 5.08. The van der Waals surface area contributed by atoms with Crippen LogP contribution in [-0.4, -0.2) is 38.1 Å². The van der Waals surface area contributed by atoms with Gasteiger partial charge in [-0.3, -0.25) is 4.79 Å². The smallest absolute Gasteiger partial charge is 0.471 e. The predicted molar refractivity (Wildman–Crippen MR) is 94.2 cm³/mol. The first-order valence-electron chi connectivity index (χ1n) is 8.78. The molecule has 1 aromatic carbocycles. The van der Waals surface area contributed by atoms with Crippen LogP contribution in [0.3, 0.4) is 0 Å². The molecule has 1 aliphatic rings. The van der Waals surface area contributed by atoms with Gasteiger partial charge in [-0.1, -0.05) is 0 Å². The van der Waals surface area contributed by atoms with Gasteiger partial charge in [0.25, 0.3) is 0 Å². The maximum Gasteiger partial charge on any atom is 0.471 e. The molecule has 0 radical (unpaired) electrons. The van der Waals surface area contributed by atoms with Gasteiger partial charge in [0, 0.05) is 25.6 Å². The quantitative estimate of drug-likeness (QED) is 0.753. The number of carbonyl (C=O) groups excluding carboxylic acids is 1. The van der Waals surface area contributed by atoms with E-state index in [-0.39, 0.29) is 19.8 Å². The van der Waals surface area contributed by atoms with E-state index in [2.05, 4.69) is 0 Å². The number of benzene rings is 1. The lowest BCUT2D eigenvalue weighted by Gasteiger charge is -2.38. The molecule has 0 aromatic heterocycles. The SMILES string of the molecule is COCOc1c(C)c(C)c2c(c1C)CCC(C)(CCNC(=O)C(F)(F)F)O2. The Kier molecular flexibility index (Phi) is 6.29. The molecule has 0 saturated carbocycles. The highest BCUT2D eigenvalue weighted by atomic mass is 19.4. The summed E-state index contributed by atoms with van der Waals surface area (Å²) in [4.78, 5) is 11.0. The summed E-state index contributed by atoms with van der Waals surface area (Å²) in [7, 11) is 1.56. The Bertz CT molecular complexity index is 718. The normalized spacial score (nSPS) is 19.3. The molecule has 0 fully saturated rings. The van der Waals surface area contributed by atoms with Crippen LogP contribution >= 0.6 is 0 Å². The fourth-order valence-electron chi connectivity index (χ4n) is 3.33. The highest BCUT2D eigenvalue weighted by molar-refractivity contribution is 5.81. The van der Waals surface area contributed by atoms with Crippen molar-refractivity contribution in [2.75, 3.05) is 20.4 Å². The lowest BCUT2D eigenvalue weighted by atomic mass is 9.85. The van der Waals surface area contributed by atoms with Crippen molar-refractivity contribution in [1.82, 2.24) is 5.32 Å². The Morgan fingerprint density at radius 2 is 1.89 bits per heavy atom. The lowest BCUT2D eigenvalue weighted by molar-refractivity contribution is -0.173. The molecule has 27 heavy (non-hydrogen) atoms. The molecule has 1 heterocycles.